The lowest BCUT2D eigenvalue weighted by Gasteiger charge is -2.16. The Hall–Kier alpha value is 0.350. The van der Waals surface area contributed by atoms with Gasteiger partial charge in [0.2, 0.25) is 0 Å². The molecule has 62 valence electrons. The Kier molecular flexibility index (Phi) is 5.24. The lowest BCUT2D eigenvalue weighted by molar-refractivity contribution is 0.480. The fraction of sp³-hybridized carbons (Fsp3) is 1.00. The van der Waals surface area contributed by atoms with Gasteiger partial charge >= 0.3 is 0 Å². The van der Waals surface area contributed by atoms with E-state index in [2.05, 4.69) is 39.5 Å². The van der Waals surface area contributed by atoms with Crippen LogP contribution in [0.3, 0.4) is 0 Å². The van der Waals surface area contributed by atoms with E-state index in [1.165, 1.54) is 24.3 Å². The van der Waals surface area contributed by atoms with Gasteiger partial charge in [0, 0.05) is 0 Å². The second kappa shape index (κ2) is 5.06. The summed E-state index contributed by atoms with van der Waals surface area (Å²) in [4.78, 5) is 0. The van der Waals surface area contributed by atoms with Crippen LogP contribution in [0.2, 0.25) is 0 Å². The SMILES string of the molecule is CCCCSCC(C)(C)C. The smallest absolute Gasteiger partial charge is 0.00187 e. The van der Waals surface area contributed by atoms with Gasteiger partial charge in [-0.05, 0) is 23.3 Å². The largest absolute Gasteiger partial charge is 0.161 e. The molecule has 0 unspecified atom stereocenters. The van der Waals surface area contributed by atoms with Crippen LogP contribution in [0.25, 0.3) is 0 Å². The van der Waals surface area contributed by atoms with Gasteiger partial charge in [-0.3, -0.25) is 0 Å². The molecule has 0 saturated heterocycles. The summed E-state index contributed by atoms with van der Waals surface area (Å²) >= 11 is 2.08. The summed E-state index contributed by atoms with van der Waals surface area (Å²) in [5.74, 6) is 2.64. The Morgan fingerprint density at radius 1 is 1.20 bits per heavy atom. The van der Waals surface area contributed by atoms with Crippen LogP contribution >= 0.6 is 11.8 Å². The average Bonchev–Trinajstić information content (AvgIpc) is 1.78. The maximum atomic E-state index is 2.30. The summed E-state index contributed by atoms with van der Waals surface area (Å²) in [7, 11) is 0. The van der Waals surface area contributed by atoms with Crippen molar-refractivity contribution in [2.75, 3.05) is 11.5 Å². The normalized spacial score (nSPS) is 12.0. The molecule has 0 amide bonds. The van der Waals surface area contributed by atoms with Crippen molar-refractivity contribution >= 4 is 11.8 Å². The zero-order chi connectivity index (χ0) is 8.04. The summed E-state index contributed by atoms with van der Waals surface area (Å²) in [6.45, 7) is 9.14. The van der Waals surface area contributed by atoms with Gasteiger partial charge in [-0.15, -0.1) is 0 Å². The fourth-order valence-corrected chi connectivity index (χ4v) is 1.87. The van der Waals surface area contributed by atoms with Crippen LogP contribution in [0, 0.1) is 5.41 Å². The molecule has 0 aliphatic carbocycles. The topological polar surface area (TPSA) is 0 Å². The highest BCUT2D eigenvalue weighted by atomic mass is 32.2. The van der Waals surface area contributed by atoms with Gasteiger partial charge in [0.05, 0.1) is 0 Å². The Labute approximate surface area is 69.8 Å². The first-order valence-corrected chi connectivity index (χ1v) is 5.29. The second-order valence-corrected chi connectivity index (χ2v) is 5.07. The molecule has 0 aromatic rings. The predicted octanol–water partition coefficient (Wildman–Crippen LogP) is 3.57. The minimum Gasteiger partial charge on any atom is -0.161 e. The van der Waals surface area contributed by atoms with Gasteiger partial charge in [-0.2, -0.15) is 11.8 Å². The molecule has 0 fully saturated rings. The van der Waals surface area contributed by atoms with Crippen LogP contribution in [-0.4, -0.2) is 11.5 Å². The van der Waals surface area contributed by atoms with Crippen molar-refractivity contribution in [1.82, 2.24) is 0 Å². The molecule has 0 radical (unpaired) electrons. The van der Waals surface area contributed by atoms with Crippen LogP contribution in [0.5, 0.6) is 0 Å². The lowest BCUT2D eigenvalue weighted by atomic mass is 10.0. The van der Waals surface area contributed by atoms with E-state index in [0.29, 0.717) is 5.41 Å². The number of rotatable bonds is 4. The molecule has 0 rings (SSSR count). The Morgan fingerprint density at radius 2 is 1.80 bits per heavy atom. The van der Waals surface area contributed by atoms with Crippen molar-refractivity contribution in [3.63, 3.8) is 0 Å². The zero-order valence-electron chi connectivity index (χ0n) is 7.74. The molecule has 0 aromatic carbocycles. The molecular weight excluding hydrogens is 140 g/mol. The van der Waals surface area contributed by atoms with Gasteiger partial charge in [0.15, 0.2) is 0 Å². The van der Waals surface area contributed by atoms with E-state index in [4.69, 9.17) is 0 Å². The van der Waals surface area contributed by atoms with Crippen molar-refractivity contribution in [2.24, 2.45) is 5.41 Å². The molecule has 0 heterocycles. The third kappa shape index (κ3) is 8.35. The summed E-state index contributed by atoms with van der Waals surface area (Å²) in [6, 6.07) is 0. The Balaban J connectivity index is 3.04. The molecule has 0 N–H and O–H groups in total. The van der Waals surface area contributed by atoms with Crippen LogP contribution in [0.15, 0.2) is 0 Å². The number of thioether (sulfide) groups is 1. The van der Waals surface area contributed by atoms with Gasteiger partial charge < -0.3 is 0 Å². The summed E-state index contributed by atoms with van der Waals surface area (Å²) in [5.41, 5.74) is 0.512. The number of unbranched alkanes of at least 4 members (excludes halogenated alkanes) is 1. The van der Waals surface area contributed by atoms with Crippen LogP contribution < -0.4 is 0 Å². The van der Waals surface area contributed by atoms with Gasteiger partial charge in [-0.25, -0.2) is 0 Å². The third-order valence-corrected chi connectivity index (χ3v) is 2.82. The summed E-state index contributed by atoms with van der Waals surface area (Å²) in [5, 5.41) is 0. The monoisotopic (exact) mass is 160 g/mol. The average molecular weight is 160 g/mol. The van der Waals surface area contributed by atoms with E-state index in [0.717, 1.165) is 0 Å². The zero-order valence-corrected chi connectivity index (χ0v) is 8.55. The highest BCUT2D eigenvalue weighted by Gasteiger charge is 2.08. The standard InChI is InChI=1S/C9H20S/c1-5-6-7-10-8-9(2,3)4/h5-8H2,1-4H3. The molecule has 10 heavy (non-hydrogen) atoms. The fourth-order valence-electron chi connectivity index (χ4n) is 0.625. The van der Waals surface area contributed by atoms with E-state index in [1.807, 2.05) is 0 Å². The van der Waals surface area contributed by atoms with E-state index >= 15 is 0 Å². The molecular formula is C9H20S. The minimum atomic E-state index is 0.512. The first kappa shape index (κ1) is 10.3. The molecule has 0 aliphatic heterocycles. The van der Waals surface area contributed by atoms with Crippen molar-refractivity contribution in [3.8, 4) is 0 Å². The predicted molar refractivity (Wildman–Crippen MR) is 51.7 cm³/mol. The molecule has 0 nitrogen and oxygen atoms in total. The van der Waals surface area contributed by atoms with Crippen molar-refractivity contribution in [3.05, 3.63) is 0 Å². The molecule has 0 atom stereocenters. The maximum Gasteiger partial charge on any atom is -0.00187 e. The highest BCUT2D eigenvalue weighted by molar-refractivity contribution is 7.99. The Morgan fingerprint density at radius 3 is 2.20 bits per heavy atom. The molecule has 0 aliphatic rings. The van der Waals surface area contributed by atoms with E-state index in [1.54, 1.807) is 0 Å². The van der Waals surface area contributed by atoms with Crippen LogP contribution in [-0.2, 0) is 0 Å². The van der Waals surface area contributed by atoms with Crippen molar-refractivity contribution in [2.45, 2.75) is 40.5 Å². The summed E-state index contributed by atoms with van der Waals surface area (Å²) < 4.78 is 0. The molecule has 0 bridgehead atoms. The van der Waals surface area contributed by atoms with Crippen LogP contribution in [0.1, 0.15) is 40.5 Å². The summed E-state index contributed by atoms with van der Waals surface area (Å²) in [6.07, 6.45) is 2.71. The minimum absolute atomic E-state index is 0.512. The molecule has 0 spiro atoms. The number of hydrogen-bond acceptors (Lipinski definition) is 1. The molecule has 0 aromatic heterocycles. The molecule has 1 heteroatoms. The first-order chi connectivity index (χ1) is 4.56. The lowest BCUT2D eigenvalue weighted by Crippen LogP contribution is -2.08. The number of hydrogen-bond donors (Lipinski definition) is 0. The third-order valence-electron chi connectivity index (χ3n) is 1.18. The van der Waals surface area contributed by atoms with Gasteiger partial charge in [-0.1, -0.05) is 34.1 Å². The first-order valence-electron chi connectivity index (χ1n) is 4.14. The van der Waals surface area contributed by atoms with Crippen LogP contribution in [0.4, 0.5) is 0 Å². The van der Waals surface area contributed by atoms with Gasteiger partial charge in [0.1, 0.15) is 0 Å². The van der Waals surface area contributed by atoms with Gasteiger partial charge in [0.25, 0.3) is 0 Å². The Bertz CT molecular complexity index is 71.3. The maximum absolute atomic E-state index is 2.30. The van der Waals surface area contributed by atoms with Crippen molar-refractivity contribution < 1.29 is 0 Å². The quantitative estimate of drug-likeness (QED) is 0.567. The second-order valence-electron chi connectivity index (χ2n) is 3.97. The molecule has 0 saturated carbocycles. The van der Waals surface area contributed by atoms with Crippen molar-refractivity contribution in [1.29, 1.82) is 0 Å². The van der Waals surface area contributed by atoms with E-state index in [9.17, 15) is 0 Å². The van der Waals surface area contributed by atoms with E-state index < -0.39 is 0 Å². The highest BCUT2D eigenvalue weighted by Crippen LogP contribution is 2.20. The van der Waals surface area contributed by atoms with E-state index in [-0.39, 0.29) is 0 Å².